The molecule has 1 fully saturated rings. The van der Waals surface area contributed by atoms with E-state index in [2.05, 4.69) is 0 Å². The Balaban J connectivity index is 2.47. The number of carbonyl (C=O) groups is 1. The molecule has 1 heterocycles. The summed E-state index contributed by atoms with van der Waals surface area (Å²) in [5.41, 5.74) is -0.839. The zero-order chi connectivity index (χ0) is 20.8. The number of aliphatic carboxylic acids is 1. The molecule has 4 N–H and O–H groups in total. The van der Waals surface area contributed by atoms with Crippen molar-refractivity contribution in [1.29, 1.82) is 0 Å². The number of rotatable bonds is 3. The largest absolute Gasteiger partial charge is 0.479 e. The van der Waals surface area contributed by atoms with Crippen LogP contribution in [0.3, 0.4) is 0 Å². The highest BCUT2D eigenvalue weighted by Gasteiger charge is 2.48. The Labute approximate surface area is 124 Å². The Morgan fingerprint density at radius 1 is 1.25 bits per heavy atom. The summed E-state index contributed by atoms with van der Waals surface area (Å²) < 4.78 is 63.0. The van der Waals surface area contributed by atoms with Gasteiger partial charge in [0.2, 0.25) is 6.29 Å². The fourth-order valence-corrected chi connectivity index (χ4v) is 1.63. The van der Waals surface area contributed by atoms with E-state index in [4.69, 9.17) is 24.2 Å². The molecule has 7 heteroatoms. The first-order valence-corrected chi connectivity index (χ1v) is 5.49. The molecule has 2 unspecified atom stereocenters. The van der Waals surface area contributed by atoms with Crippen LogP contribution in [0.25, 0.3) is 0 Å². The van der Waals surface area contributed by atoms with Gasteiger partial charge in [-0.1, -0.05) is 17.6 Å². The highest BCUT2D eigenvalue weighted by atomic mass is 16.7. The maximum Gasteiger partial charge on any atom is 0.335 e. The van der Waals surface area contributed by atoms with Gasteiger partial charge in [-0.25, -0.2) is 4.79 Å². The number of hydrogen-bond donors (Lipinski definition) is 4. The summed E-state index contributed by atoms with van der Waals surface area (Å²) in [5, 5.41) is 38.3. The van der Waals surface area contributed by atoms with Gasteiger partial charge < -0.3 is 29.9 Å². The highest BCUT2D eigenvalue weighted by molar-refractivity contribution is 5.73. The van der Waals surface area contributed by atoms with Gasteiger partial charge in [0.05, 0.1) is 5.48 Å². The molecule has 20 heavy (non-hydrogen) atoms. The van der Waals surface area contributed by atoms with E-state index in [-0.39, 0.29) is 0 Å². The molecule has 1 saturated heterocycles. The summed E-state index contributed by atoms with van der Waals surface area (Å²) in [6.45, 7) is -2.94. The molecule has 2 rings (SSSR count). The third-order valence-electron chi connectivity index (χ3n) is 2.65. The first kappa shape index (κ1) is 7.94. The maximum absolute atomic E-state index is 11.1. The number of ether oxygens (including phenoxy) is 2. The van der Waals surface area contributed by atoms with E-state index in [1.165, 1.54) is 0 Å². The Morgan fingerprint density at radius 3 is 2.45 bits per heavy atom. The lowest BCUT2D eigenvalue weighted by atomic mass is 9.99. The lowest BCUT2D eigenvalue weighted by molar-refractivity contribution is -0.271. The van der Waals surface area contributed by atoms with E-state index < -0.39 is 79.0 Å². The molecule has 0 saturated carbocycles. The minimum absolute atomic E-state index is 0.810. The van der Waals surface area contributed by atoms with Gasteiger partial charge in [0.15, 0.2) is 6.10 Å². The second-order valence-corrected chi connectivity index (χ2v) is 4.06. The fourth-order valence-electron chi connectivity index (χ4n) is 1.63. The van der Waals surface area contributed by atoms with Gasteiger partial charge >= 0.3 is 5.97 Å². The fraction of sp³-hybridized carbons (Fsp3) is 0.462. The van der Waals surface area contributed by atoms with Crippen molar-refractivity contribution in [3.05, 3.63) is 29.7 Å². The van der Waals surface area contributed by atoms with Gasteiger partial charge in [0, 0.05) is 4.11 Å². The number of carboxylic acid groups (broad SMARTS) is 1. The van der Waals surface area contributed by atoms with Crippen molar-refractivity contribution in [1.82, 2.24) is 0 Å². The Bertz CT molecular complexity index is 725. The number of benzene rings is 1. The van der Waals surface area contributed by atoms with Gasteiger partial charge in [0.1, 0.15) is 24.1 Å². The smallest absolute Gasteiger partial charge is 0.335 e. The van der Waals surface area contributed by atoms with Gasteiger partial charge in [-0.15, -0.1) is 0 Å². The normalized spacial score (nSPS) is 39.4. The minimum Gasteiger partial charge on any atom is -0.479 e. The second kappa shape index (κ2) is 5.76. The van der Waals surface area contributed by atoms with Crippen LogP contribution < -0.4 is 4.74 Å². The number of hydrogen-bond acceptors (Lipinski definition) is 6. The molecule has 5 atom stereocenters. The van der Waals surface area contributed by atoms with Crippen LogP contribution in [0.1, 0.15) is 15.2 Å². The third-order valence-corrected chi connectivity index (χ3v) is 2.65. The predicted molar refractivity (Wildman–Crippen MR) is 66.1 cm³/mol. The van der Waals surface area contributed by atoms with Gasteiger partial charge in [-0.3, -0.25) is 0 Å². The number of aliphatic hydroxyl groups is 3. The Kier molecular flexibility index (Phi) is 2.29. The molecule has 1 aliphatic rings. The SMILES string of the molecule is [2H]c1c([2H])c(C([2H])([2H])[2H])c([2H])c([2H])c1O[C@@H]1OC(C(=O)O)[C@@H](O)[C@H](O)C1O. The molecular weight excluding hydrogens is 268 g/mol. The first-order chi connectivity index (χ1) is 12.3. The minimum atomic E-state index is -2.94. The Hall–Kier alpha value is -1.67. The molecule has 0 spiro atoms. The molecule has 1 aromatic carbocycles. The topological polar surface area (TPSA) is 116 Å². The molecule has 1 aromatic rings. The molecular formula is C13H16O7. The van der Waals surface area contributed by atoms with Crippen LogP contribution in [0.4, 0.5) is 0 Å². The van der Waals surface area contributed by atoms with Gasteiger partial charge in [-0.05, 0) is 18.9 Å². The molecule has 0 aliphatic carbocycles. The summed E-state index contributed by atoms with van der Waals surface area (Å²) in [6.07, 6.45) is -9.93. The Morgan fingerprint density at radius 2 is 1.90 bits per heavy atom. The van der Waals surface area contributed by atoms with Crippen LogP contribution in [0.2, 0.25) is 0 Å². The molecule has 7 nitrogen and oxygen atoms in total. The standard InChI is InChI=1S/C13H16O7/c1-6-2-4-7(5-3-6)19-13-10(16)8(14)9(15)11(20-13)12(17)18/h2-5,8-11,13-16H,1H3,(H,17,18)/t8-,9-,10?,11?,13+/m0/s1/i1D3,2D,3D,4D,5D. The van der Waals surface area contributed by atoms with E-state index in [9.17, 15) is 20.1 Å². The molecule has 0 amide bonds. The lowest BCUT2D eigenvalue weighted by Crippen LogP contribution is -2.61. The zero-order valence-corrected chi connectivity index (χ0v) is 9.90. The first-order valence-electron chi connectivity index (χ1n) is 8.99. The van der Waals surface area contributed by atoms with Crippen LogP contribution in [0.5, 0.6) is 5.75 Å². The van der Waals surface area contributed by atoms with E-state index in [1.54, 1.807) is 0 Å². The van der Waals surface area contributed by atoms with E-state index in [1.807, 2.05) is 0 Å². The van der Waals surface area contributed by atoms with E-state index in [0.717, 1.165) is 0 Å². The van der Waals surface area contributed by atoms with Crippen molar-refractivity contribution >= 4 is 5.97 Å². The monoisotopic (exact) mass is 291 g/mol. The molecule has 0 bridgehead atoms. The zero-order valence-electron chi connectivity index (χ0n) is 16.9. The van der Waals surface area contributed by atoms with Crippen molar-refractivity contribution < 1.29 is 44.3 Å². The third kappa shape index (κ3) is 2.91. The van der Waals surface area contributed by atoms with Crippen molar-refractivity contribution in [3.8, 4) is 5.75 Å². The van der Waals surface area contributed by atoms with E-state index >= 15 is 0 Å². The molecule has 0 radical (unpaired) electrons. The van der Waals surface area contributed by atoms with Crippen LogP contribution in [0, 0.1) is 6.85 Å². The van der Waals surface area contributed by atoms with Crippen molar-refractivity contribution in [2.45, 2.75) is 37.6 Å². The average Bonchev–Trinajstić information content (AvgIpc) is 2.55. The summed E-state index contributed by atoms with van der Waals surface area (Å²) in [4.78, 5) is 11.1. The van der Waals surface area contributed by atoms with Gasteiger partial charge in [-0.2, -0.15) is 0 Å². The van der Waals surface area contributed by atoms with Crippen molar-refractivity contribution in [3.63, 3.8) is 0 Å². The predicted octanol–water partition coefficient (Wildman–Crippen LogP) is -0.734. The van der Waals surface area contributed by atoms with Crippen LogP contribution in [-0.4, -0.2) is 57.1 Å². The quantitative estimate of drug-likeness (QED) is 0.580. The average molecular weight is 291 g/mol. The summed E-state index contributed by atoms with van der Waals surface area (Å²) >= 11 is 0. The molecule has 1 aliphatic heterocycles. The molecule has 0 aromatic heterocycles. The van der Waals surface area contributed by atoms with Gasteiger partial charge in [0.25, 0.3) is 0 Å². The number of carboxylic acids is 1. The maximum atomic E-state index is 11.1. The summed E-state index contributed by atoms with van der Waals surface area (Å²) in [5.74, 6) is -2.49. The summed E-state index contributed by atoms with van der Waals surface area (Å²) in [7, 11) is 0. The molecule has 110 valence electrons. The summed E-state index contributed by atoms with van der Waals surface area (Å²) in [6, 6.07) is -3.62. The van der Waals surface area contributed by atoms with Crippen LogP contribution in [-0.2, 0) is 9.53 Å². The highest BCUT2D eigenvalue weighted by Crippen LogP contribution is 2.24. The van der Waals surface area contributed by atoms with Crippen molar-refractivity contribution in [2.24, 2.45) is 0 Å². The van der Waals surface area contributed by atoms with E-state index in [0.29, 0.717) is 0 Å². The van der Waals surface area contributed by atoms with Crippen LogP contribution in [0.15, 0.2) is 24.2 Å². The van der Waals surface area contributed by atoms with Crippen molar-refractivity contribution in [2.75, 3.05) is 0 Å². The second-order valence-electron chi connectivity index (χ2n) is 4.06. The lowest BCUT2D eigenvalue weighted by Gasteiger charge is -2.38. The van der Waals surface area contributed by atoms with Crippen LogP contribution >= 0.6 is 0 Å². The number of aliphatic hydroxyl groups excluding tert-OH is 3.